The third kappa shape index (κ3) is 4.00. The van der Waals surface area contributed by atoms with Gasteiger partial charge in [-0.1, -0.05) is 19.1 Å². The van der Waals surface area contributed by atoms with Crippen molar-refractivity contribution in [3.05, 3.63) is 24.3 Å². The Morgan fingerprint density at radius 2 is 1.94 bits per heavy atom. The molecule has 1 atom stereocenters. The normalized spacial score (nSPS) is 13.3. The molecule has 1 aromatic rings. The molecule has 0 aromatic heterocycles. The molecule has 0 fully saturated rings. The molecule has 0 radical (unpaired) electrons. The van der Waals surface area contributed by atoms with Gasteiger partial charge in [0.05, 0.1) is 5.69 Å². The van der Waals surface area contributed by atoms with Crippen LogP contribution >= 0.6 is 0 Å². The summed E-state index contributed by atoms with van der Waals surface area (Å²) in [5.41, 5.74) is 0.356. The molecule has 0 aliphatic rings. The lowest BCUT2D eigenvalue weighted by atomic mass is 10.2. The summed E-state index contributed by atoms with van der Waals surface area (Å²) in [6.07, 6.45) is -3.84. The van der Waals surface area contributed by atoms with Crippen LogP contribution in [0.25, 0.3) is 0 Å². The molecule has 1 aromatic carbocycles. The fourth-order valence-corrected chi connectivity index (χ4v) is 1.17. The molecule has 1 rings (SSSR count). The predicted molar refractivity (Wildman–Crippen MR) is 56.5 cm³/mol. The summed E-state index contributed by atoms with van der Waals surface area (Å²) in [7, 11) is 0. The maximum atomic E-state index is 12.1. The molecule has 0 aliphatic heterocycles. The van der Waals surface area contributed by atoms with Crippen LogP contribution in [0.3, 0.4) is 0 Å². The van der Waals surface area contributed by atoms with Crippen molar-refractivity contribution >= 4 is 5.69 Å². The third-order valence-electron chi connectivity index (χ3n) is 2.13. The maximum Gasteiger partial charge on any atom is 0.573 e. The Kier molecular flexibility index (Phi) is 4.04. The first-order valence-corrected chi connectivity index (χ1v) is 5.03. The van der Waals surface area contributed by atoms with Crippen molar-refractivity contribution in [2.75, 3.05) is 5.32 Å². The number of halogens is 3. The number of para-hydroxylation sites is 2. The Labute approximate surface area is 92.4 Å². The molecule has 5 heteroatoms. The molecule has 0 amide bonds. The Morgan fingerprint density at radius 3 is 2.50 bits per heavy atom. The minimum absolute atomic E-state index is 0.0954. The minimum Gasteiger partial charge on any atom is -0.404 e. The van der Waals surface area contributed by atoms with Crippen molar-refractivity contribution in [3.63, 3.8) is 0 Å². The summed E-state index contributed by atoms with van der Waals surface area (Å²) in [6.45, 7) is 3.84. The lowest BCUT2D eigenvalue weighted by Gasteiger charge is -2.17. The van der Waals surface area contributed by atoms with Gasteiger partial charge < -0.3 is 10.1 Å². The van der Waals surface area contributed by atoms with Gasteiger partial charge in [0.15, 0.2) is 5.75 Å². The SMILES string of the molecule is CCC(C)Nc1ccccc1OC(F)(F)F. The number of hydrogen-bond acceptors (Lipinski definition) is 2. The number of ether oxygens (including phenoxy) is 1. The second kappa shape index (κ2) is 5.09. The number of rotatable bonds is 4. The highest BCUT2D eigenvalue weighted by Gasteiger charge is 2.32. The zero-order chi connectivity index (χ0) is 12.2. The van der Waals surface area contributed by atoms with Crippen molar-refractivity contribution in [1.29, 1.82) is 0 Å². The van der Waals surface area contributed by atoms with Crippen molar-refractivity contribution < 1.29 is 17.9 Å². The summed E-state index contributed by atoms with van der Waals surface area (Å²) in [5, 5.41) is 2.96. The Morgan fingerprint density at radius 1 is 1.31 bits per heavy atom. The van der Waals surface area contributed by atoms with Crippen LogP contribution in [0, 0.1) is 0 Å². The van der Waals surface area contributed by atoms with Crippen molar-refractivity contribution in [1.82, 2.24) is 0 Å². The molecule has 0 heterocycles. The lowest BCUT2D eigenvalue weighted by molar-refractivity contribution is -0.274. The molecular weight excluding hydrogens is 219 g/mol. The van der Waals surface area contributed by atoms with E-state index in [1.165, 1.54) is 12.1 Å². The van der Waals surface area contributed by atoms with Crippen molar-refractivity contribution in [3.8, 4) is 5.75 Å². The number of anilines is 1. The van der Waals surface area contributed by atoms with Gasteiger partial charge in [-0.2, -0.15) is 0 Å². The van der Waals surface area contributed by atoms with E-state index in [0.29, 0.717) is 5.69 Å². The van der Waals surface area contributed by atoms with Crippen molar-refractivity contribution in [2.45, 2.75) is 32.7 Å². The van der Waals surface area contributed by atoms with Crippen molar-refractivity contribution in [2.24, 2.45) is 0 Å². The molecule has 1 N–H and O–H groups in total. The first-order valence-electron chi connectivity index (χ1n) is 5.03. The Hall–Kier alpha value is -1.39. The van der Waals surface area contributed by atoms with Crippen LogP contribution in [0.15, 0.2) is 24.3 Å². The van der Waals surface area contributed by atoms with Crippen LogP contribution in [0.4, 0.5) is 18.9 Å². The van der Waals surface area contributed by atoms with Gasteiger partial charge in [-0.05, 0) is 25.5 Å². The van der Waals surface area contributed by atoms with Crippen LogP contribution in [-0.4, -0.2) is 12.4 Å². The highest BCUT2D eigenvalue weighted by Crippen LogP contribution is 2.30. The molecule has 16 heavy (non-hydrogen) atoms. The van der Waals surface area contributed by atoms with E-state index in [9.17, 15) is 13.2 Å². The lowest BCUT2D eigenvalue weighted by Crippen LogP contribution is -2.20. The average Bonchev–Trinajstić information content (AvgIpc) is 2.18. The topological polar surface area (TPSA) is 21.3 Å². The van der Waals surface area contributed by atoms with E-state index < -0.39 is 6.36 Å². The van der Waals surface area contributed by atoms with Crippen LogP contribution in [0.2, 0.25) is 0 Å². The predicted octanol–water partition coefficient (Wildman–Crippen LogP) is 3.80. The van der Waals surface area contributed by atoms with Gasteiger partial charge in [-0.3, -0.25) is 0 Å². The van der Waals surface area contributed by atoms with Crippen LogP contribution in [-0.2, 0) is 0 Å². The van der Waals surface area contributed by atoms with E-state index in [4.69, 9.17) is 0 Å². The Bertz CT molecular complexity index is 338. The summed E-state index contributed by atoms with van der Waals surface area (Å²) >= 11 is 0. The number of hydrogen-bond donors (Lipinski definition) is 1. The smallest absolute Gasteiger partial charge is 0.404 e. The fourth-order valence-electron chi connectivity index (χ4n) is 1.17. The van der Waals surface area contributed by atoms with Gasteiger partial charge in [0.2, 0.25) is 0 Å². The molecule has 2 nitrogen and oxygen atoms in total. The van der Waals surface area contributed by atoms with Gasteiger partial charge >= 0.3 is 6.36 Å². The zero-order valence-corrected chi connectivity index (χ0v) is 9.14. The van der Waals surface area contributed by atoms with Crippen LogP contribution in [0.1, 0.15) is 20.3 Å². The van der Waals surface area contributed by atoms with E-state index in [1.807, 2.05) is 13.8 Å². The highest BCUT2D eigenvalue weighted by molar-refractivity contribution is 5.56. The van der Waals surface area contributed by atoms with Gasteiger partial charge in [0.1, 0.15) is 0 Å². The summed E-state index contributed by atoms with van der Waals surface area (Å²) < 4.78 is 40.2. The highest BCUT2D eigenvalue weighted by atomic mass is 19.4. The van der Waals surface area contributed by atoms with E-state index >= 15 is 0 Å². The van der Waals surface area contributed by atoms with Gasteiger partial charge in [-0.25, -0.2) is 0 Å². The second-order valence-electron chi connectivity index (χ2n) is 3.50. The van der Waals surface area contributed by atoms with Gasteiger partial charge in [0, 0.05) is 6.04 Å². The molecule has 0 bridgehead atoms. The quantitative estimate of drug-likeness (QED) is 0.854. The monoisotopic (exact) mass is 233 g/mol. The molecule has 0 saturated heterocycles. The Balaban J connectivity index is 2.83. The fraction of sp³-hybridized carbons (Fsp3) is 0.455. The van der Waals surface area contributed by atoms with E-state index in [1.54, 1.807) is 12.1 Å². The van der Waals surface area contributed by atoms with Crippen LogP contribution in [0.5, 0.6) is 5.75 Å². The molecule has 1 unspecified atom stereocenters. The average molecular weight is 233 g/mol. The molecule has 0 aliphatic carbocycles. The number of benzene rings is 1. The summed E-state index contributed by atoms with van der Waals surface area (Å²) in [4.78, 5) is 0. The zero-order valence-electron chi connectivity index (χ0n) is 9.14. The first-order chi connectivity index (χ1) is 7.42. The molecular formula is C11H14F3NO. The number of alkyl halides is 3. The van der Waals surface area contributed by atoms with E-state index in [0.717, 1.165) is 6.42 Å². The molecule has 0 saturated carbocycles. The van der Waals surface area contributed by atoms with E-state index in [2.05, 4.69) is 10.1 Å². The standard InChI is InChI=1S/C11H14F3NO/c1-3-8(2)15-9-6-4-5-7-10(9)16-11(12,13)14/h4-8,15H,3H2,1-2H3. The van der Waals surface area contributed by atoms with Gasteiger partial charge in [-0.15, -0.1) is 13.2 Å². The summed E-state index contributed by atoms with van der Waals surface area (Å²) in [5.74, 6) is -0.199. The second-order valence-corrected chi connectivity index (χ2v) is 3.50. The minimum atomic E-state index is -4.66. The van der Waals surface area contributed by atoms with E-state index in [-0.39, 0.29) is 11.8 Å². The van der Waals surface area contributed by atoms with Crippen LogP contribution < -0.4 is 10.1 Å². The maximum absolute atomic E-state index is 12.1. The largest absolute Gasteiger partial charge is 0.573 e. The number of nitrogens with one attached hydrogen (secondary N) is 1. The third-order valence-corrected chi connectivity index (χ3v) is 2.13. The molecule has 0 spiro atoms. The van der Waals surface area contributed by atoms with Gasteiger partial charge in [0.25, 0.3) is 0 Å². The first kappa shape index (κ1) is 12.7. The summed E-state index contributed by atoms with van der Waals surface area (Å²) in [6, 6.07) is 6.11. The molecule has 90 valence electrons.